The number of carbonyl (C=O) groups excluding carboxylic acids is 1. The number of para-hydroxylation sites is 1. The number of aromatic amines is 1. The summed E-state index contributed by atoms with van der Waals surface area (Å²) in [6.45, 7) is 7.04. The first-order chi connectivity index (χ1) is 12.8. The molecule has 0 saturated carbocycles. The molecule has 0 bridgehead atoms. The molecule has 0 radical (unpaired) electrons. The fourth-order valence-electron chi connectivity index (χ4n) is 4.06. The normalized spacial score (nSPS) is 21.8. The second kappa shape index (κ2) is 8.10. The number of likely N-dealkylation sites (tertiary alicyclic amines) is 1. The molecule has 1 unspecified atom stereocenters. The van der Waals surface area contributed by atoms with Crippen LogP contribution in [0.5, 0.6) is 0 Å². The van der Waals surface area contributed by atoms with Crippen molar-refractivity contribution in [3.63, 3.8) is 0 Å². The number of rotatable bonds is 4. The largest absolute Gasteiger partial charge is 0.379 e. The monoisotopic (exact) mass is 356 g/mol. The maximum atomic E-state index is 12.6. The molecule has 1 atom stereocenters. The van der Waals surface area contributed by atoms with Crippen LogP contribution in [0.4, 0.5) is 4.79 Å². The van der Waals surface area contributed by atoms with Crippen LogP contribution < -0.4 is 5.32 Å². The molecule has 6 heteroatoms. The predicted octanol–water partition coefficient (Wildman–Crippen LogP) is 2.42. The van der Waals surface area contributed by atoms with E-state index >= 15 is 0 Å². The van der Waals surface area contributed by atoms with Gasteiger partial charge in [0.1, 0.15) is 0 Å². The molecule has 2 amide bonds. The van der Waals surface area contributed by atoms with Crippen LogP contribution in [0.1, 0.15) is 18.5 Å². The van der Waals surface area contributed by atoms with Crippen LogP contribution in [0.25, 0.3) is 10.9 Å². The van der Waals surface area contributed by atoms with Gasteiger partial charge in [0.25, 0.3) is 0 Å². The minimum Gasteiger partial charge on any atom is -0.379 e. The van der Waals surface area contributed by atoms with E-state index < -0.39 is 0 Å². The van der Waals surface area contributed by atoms with Gasteiger partial charge in [0.2, 0.25) is 0 Å². The van der Waals surface area contributed by atoms with Crippen molar-refractivity contribution in [1.82, 2.24) is 20.1 Å². The van der Waals surface area contributed by atoms with Gasteiger partial charge in [0.05, 0.1) is 19.8 Å². The topological polar surface area (TPSA) is 60.6 Å². The predicted molar refractivity (Wildman–Crippen MR) is 102 cm³/mol. The molecule has 2 N–H and O–H groups in total. The summed E-state index contributed by atoms with van der Waals surface area (Å²) in [6.07, 6.45) is 2.30. The van der Waals surface area contributed by atoms with Gasteiger partial charge in [-0.15, -0.1) is 0 Å². The SMILES string of the molecule is O=C(NCc1cc2ccccc2[nH]1)N1CCCC(CN2CCOCC2)C1. The summed E-state index contributed by atoms with van der Waals surface area (Å²) in [5.74, 6) is 0.570. The van der Waals surface area contributed by atoms with E-state index in [9.17, 15) is 4.79 Å². The number of hydrogen-bond donors (Lipinski definition) is 2. The van der Waals surface area contributed by atoms with E-state index in [2.05, 4.69) is 33.4 Å². The number of benzene rings is 1. The van der Waals surface area contributed by atoms with E-state index in [-0.39, 0.29) is 6.03 Å². The van der Waals surface area contributed by atoms with E-state index in [1.807, 2.05) is 17.0 Å². The van der Waals surface area contributed by atoms with Crippen LogP contribution in [-0.2, 0) is 11.3 Å². The Balaban J connectivity index is 1.28. The molecule has 2 saturated heterocycles. The zero-order valence-electron chi connectivity index (χ0n) is 15.2. The Morgan fingerprint density at radius 1 is 1.23 bits per heavy atom. The van der Waals surface area contributed by atoms with Gasteiger partial charge in [-0.3, -0.25) is 4.90 Å². The van der Waals surface area contributed by atoms with E-state index in [0.717, 1.165) is 63.6 Å². The van der Waals surface area contributed by atoms with E-state index in [1.54, 1.807) is 0 Å². The van der Waals surface area contributed by atoms with Crippen molar-refractivity contribution in [2.24, 2.45) is 5.92 Å². The Bertz CT molecular complexity index is 705. The highest BCUT2D eigenvalue weighted by Gasteiger charge is 2.25. The molecular weight excluding hydrogens is 328 g/mol. The molecule has 4 rings (SSSR count). The van der Waals surface area contributed by atoms with Crippen LogP contribution in [0.15, 0.2) is 30.3 Å². The van der Waals surface area contributed by atoms with Crippen LogP contribution in [0, 0.1) is 5.92 Å². The summed E-state index contributed by atoms with van der Waals surface area (Å²) in [4.78, 5) is 20.4. The standard InChI is InChI=1S/C20H28N4O2/c25-20(21-13-18-12-17-5-1-2-6-19(17)22-18)24-7-3-4-16(15-24)14-23-8-10-26-11-9-23/h1-2,5-6,12,16,22H,3-4,7-11,13-15H2,(H,21,25). The summed E-state index contributed by atoms with van der Waals surface area (Å²) in [5, 5.41) is 4.26. The highest BCUT2D eigenvalue weighted by atomic mass is 16.5. The van der Waals surface area contributed by atoms with Crippen molar-refractivity contribution in [2.75, 3.05) is 45.9 Å². The molecule has 140 valence electrons. The number of carbonyl (C=O) groups is 1. The lowest BCUT2D eigenvalue weighted by molar-refractivity contribution is 0.0249. The van der Waals surface area contributed by atoms with Crippen molar-refractivity contribution >= 4 is 16.9 Å². The Kier molecular flexibility index (Phi) is 5.41. The number of urea groups is 1. The fourth-order valence-corrected chi connectivity index (χ4v) is 4.06. The molecular formula is C20H28N4O2. The van der Waals surface area contributed by atoms with Crippen LogP contribution in [-0.4, -0.2) is 66.8 Å². The molecule has 26 heavy (non-hydrogen) atoms. The molecule has 2 aromatic rings. The molecule has 3 heterocycles. The third kappa shape index (κ3) is 4.19. The lowest BCUT2D eigenvalue weighted by Gasteiger charge is -2.36. The number of fused-ring (bicyclic) bond motifs is 1. The summed E-state index contributed by atoms with van der Waals surface area (Å²) in [7, 11) is 0. The average molecular weight is 356 g/mol. The number of ether oxygens (including phenoxy) is 1. The molecule has 6 nitrogen and oxygen atoms in total. The van der Waals surface area contributed by atoms with Crippen molar-refractivity contribution in [2.45, 2.75) is 19.4 Å². The molecule has 1 aromatic carbocycles. The summed E-state index contributed by atoms with van der Waals surface area (Å²) >= 11 is 0. The van der Waals surface area contributed by atoms with Gasteiger partial charge >= 0.3 is 6.03 Å². The number of amides is 2. The maximum absolute atomic E-state index is 12.6. The lowest BCUT2D eigenvalue weighted by Crippen LogP contribution is -2.48. The molecule has 0 aliphatic carbocycles. The third-order valence-electron chi connectivity index (χ3n) is 5.44. The van der Waals surface area contributed by atoms with Gasteiger partial charge in [-0.1, -0.05) is 18.2 Å². The number of morpholine rings is 1. The molecule has 0 spiro atoms. The Hall–Kier alpha value is -2.05. The van der Waals surface area contributed by atoms with Gasteiger partial charge in [-0.05, 0) is 36.3 Å². The summed E-state index contributed by atoms with van der Waals surface area (Å²) in [5.41, 5.74) is 2.15. The zero-order chi connectivity index (χ0) is 17.8. The number of nitrogens with zero attached hydrogens (tertiary/aromatic N) is 2. The van der Waals surface area contributed by atoms with E-state index in [0.29, 0.717) is 12.5 Å². The van der Waals surface area contributed by atoms with Gasteiger partial charge in [0, 0.05) is 43.9 Å². The quantitative estimate of drug-likeness (QED) is 0.884. The molecule has 1 aromatic heterocycles. The van der Waals surface area contributed by atoms with Crippen molar-refractivity contribution in [3.05, 3.63) is 36.0 Å². The first-order valence-electron chi connectivity index (χ1n) is 9.67. The Morgan fingerprint density at radius 2 is 2.08 bits per heavy atom. The van der Waals surface area contributed by atoms with Crippen molar-refractivity contribution in [1.29, 1.82) is 0 Å². The van der Waals surface area contributed by atoms with Gasteiger partial charge in [-0.2, -0.15) is 0 Å². The van der Waals surface area contributed by atoms with Crippen LogP contribution in [0.3, 0.4) is 0 Å². The second-order valence-electron chi connectivity index (χ2n) is 7.41. The lowest BCUT2D eigenvalue weighted by atomic mass is 9.97. The second-order valence-corrected chi connectivity index (χ2v) is 7.41. The maximum Gasteiger partial charge on any atom is 0.317 e. The Morgan fingerprint density at radius 3 is 2.92 bits per heavy atom. The number of nitrogens with one attached hydrogen (secondary N) is 2. The number of H-pyrrole nitrogens is 1. The minimum absolute atomic E-state index is 0.0512. The molecule has 2 fully saturated rings. The highest BCUT2D eigenvalue weighted by molar-refractivity contribution is 5.80. The molecule has 2 aliphatic rings. The van der Waals surface area contributed by atoms with Crippen molar-refractivity contribution < 1.29 is 9.53 Å². The van der Waals surface area contributed by atoms with Gasteiger partial charge in [0.15, 0.2) is 0 Å². The number of piperidine rings is 1. The Labute approximate surface area is 154 Å². The highest BCUT2D eigenvalue weighted by Crippen LogP contribution is 2.19. The third-order valence-corrected chi connectivity index (χ3v) is 5.44. The fraction of sp³-hybridized carbons (Fsp3) is 0.550. The van der Waals surface area contributed by atoms with Crippen LogP contribution in [0.2, 0.25) is 0 Å². The minimum atomic E-state index is 0.0512. The van der Waals surface area contributed by atoms with E-state index in [1.165, 1.54) is 11.8 Å². The van der Waals surface area contributed by atoms with Gasteiger partial charge in [-0.25, -0.2) is 4.79 Å². The first-order valence-corrected chi connectivity index (χ1v) is 9.67. The summed E-state index contributed by atoms with van der Waals surface area (Å²) in [6, 6.07) is 10.3. The van der Waals surface area contributed by atoms with Gasteiger partial charge < -0.3 is 19.9 Å². The smallest absolute Gasteiger partial charge is 0.317 e. The first kappa shape index (κ1) is 17.4. The molecule has 2 aliphatic heterocycles. The van der Waals surface area contributed by atoms with Crippen molar-refractivity contribution in [3.8, 4) is 0 Å². The number of hydrogen-bond acceptors (Lipinski definition) is 3. The number of aromatic nitrogens is 1. The summed E-state index contributed by atoms with van der Waals surface area (Å²) < 4.78 is 5.42. The average Bonchev–Trinajstić information content (AvgIpc) is 3.10. The zero-order valence-corrected chi connectivity index (χ0v) is 15.2. The van der Waals surface area contributed by atoms with Crippen LogP contribution >= 0.6 is 0 Å². The van der Waals surface area contributed by atoms with E-state index in [4.69, 9.17) is 4.74 Å².